The fourth-order valence-electron chi connectivity index (χ4n) is 3.39. The Morgan fingerprint density at radius 3 is 2.59 bits per heavy atom. The Morgan fingerprint density at radius 1 is 1.18 bits per heavy atom. The second-order valence-corrected chi connectivity index (χ2v) is 5.45. The van der Waals surface area contributed by atoms with E-state index >= 15 is 0 Å². The predicted molar refractivity (Wildman–Crippen MR) is 67.7 cm³/mol. The molecular formula is C15H19NO. The van der Waals surface area contributed by atoms with Crippen LogP contribution in [-0.2, 0) is 17.6 Å². The Balaban J connectivity index is 1.96. The van der Waals surface area contributed by atoms with Gasteiger partial charge in [-0.3, -0.25) is 4.79 Å². The first-order chi connectivity index (χ1) is 8.24. The molecule has 0 N–H and O–H groups in total. The topological polar surface area (TPSA) is 20.3 Å². The summed E-state index contributed by atoms with van der Waals surface area (Å²) in [6.45, 7) is 2.68. The first-order valence-electron chi connectivity index (χ1n) is 6.58. The Labute approximate surface area is 103 Å². The minimum absolute atomic E-state index is 0.249. The molecule has 2 nitrogen and oxygen atoms in total. The molecule has 0 radical (unpaired) electrons. The average Bonchev–Trinajstić information content (AvgIpc) is 2.28. The smallest absolute Gasteiger partial charge is 0.219 e. The molecule has 2 unspecified atom stereocenters. The number of carbonyl (C=O) groups is 1. The van der Waals surface area contributed by atoms with Gasteiger partial charge in [-0.25, -0.2) is 0 Å². The van der Waals surface area contributed by atoms with Crippen LogP contribution < -0.4 is 0 Å². The minimum atomic E-state index is 0.249. The molecule has 17 heavy (non-hydrogen) atoms. The van der Waals surface area contributed by atoms with Gasteiger partial charge < -0.3 is 4.90 Å². The molecule has 1 aromatic carbocycles. The third-order valence-electron chi connectivity index (χ3n) is 4.29. The fraction of sp³-hybridized carbons (Fsp3) is 0.533. The fourth-order valence-corrected chi connectivity index (χ4v) is 3.39. The van der Waals surface area contributed by atoms with Gasteiger partial charge in [0.25, 0.3) is 0 Å². The summed E-state index contributed by atoms with van der Waals surface area (Å²) in [6.07, 6.45) is 4.65. The molecule has 2 aliphatic heterocycles. The van der Waals surface area contributed by atoms with Crippen molar-refractivity contribution in [3.63, 3.8) is 0 Å². The first-order valence-corrected chi connectivity index (χ1v) is 6.58. The number of benzene rings is 1. The molecule has 90 valence electrons. The normalized spacial score (nSPS) is 27.2. The van der Waals surface area contributed by atoms with Gasteiger partial charge in [0, 0.05) is 19.5 Å². The number of nitrogens with zero attached hydrogens (tertiary/aromatic N) is 1. The van der Waals surface area contributed by atoms with Crippen LogP contribution in [0.15, 0.2) is 24.3 Å². The lowest BCUT2D eigenvalue weighted by atomic mass is 9.80. The van der Waals surface area contributed by atoms with Crippen molar-refractivity contribution >= 4 is 5.91 Å². The van der Waals surface area contributed by atoms with E-state index in [1.165, 1.54) is 24.0 Å². The van der Waals surface area contributed by atoms with Gasteiger partial charge in [-0.2, -0.15) is 0 Å². The second kappa shape index (κ2) is 4.17. The van der Waals surface area contributed by atoms with Crippen molar-refractivity contribution < 1.29 is 4.79 Å². The lowest BCUT2D eigenvalue weighted by Crippen LogP contribution is -2.48. The molecular weight excluding hydrogens is 210 g/mol. The van der Waals surface area contributed by atoms with Gasteiger partial charge in [-0.15, -0.1) is 0 Å². The van der Waals surface area contributed by atoms with Crippen LogP contribution in [0.4, 0.5) is 0 Å². The molecule has 2 heteroatoms. The Hall–Kier alpha value is -1.31. The quantitative estimate of drug-likeness (QED) is 0.669. The van der Waals surface area contributed by atoms with E-state index in [1.807, 2.05) is 0 Å². The van der Waals surface area contributed by atoms with Crippen LogP contribution in [-0.4, -0.2) is 23.4 Å². The maximum atomic E-state index is 11.7. The number of piperidine rings is 1. The highest BCUT2D eigenvalue weighted by Crippen LogP contribution is 2.32. The van der Waals surface area contributed by atoms with E-state index in [-0.39, 0.29) is 5.91 Å². The number of rotatable bonds is 0. The lowest BCUT2D eigenvalue weighted by Gasteiger charge is -2.42. The van der Waals surface area contributed by atoms with E-state index in [9.17, 15) is 4.79 Å². The van der Waals surface area contributed by atoms with Crippen molar-refractivity contribution in [3.8, 4) is 0 Å². The van der Waals surface area contributed by atoms with Crippen LogP contribution in [0.5, 0.6) is 0 Å². The van der Waals surface area contributed by atoms with Gasteiger partial charge in [-0.1, -0.05) is 24.3 Å². The highest BCUT2D eigenvalue weighted by molar-refractivity contribution is 5.73. The van der Waals surface area contributed by atoms with Crippen LogP contribution in [0.2, 0.25) is 0 Å². The van der Waals surface area contributed by atoms with Crippen LogP contribution in [0.25, 0.3) is 0 Å². The van der Waals surface area contributed by atoms with Crippen molar-refractivity contribution in [2.45, 2.75) is 38.6 Å². The van der Waals surface area contributed by atoms with Gasteiger partial charge in [0.15, 0.2) is 0 Å². The van der Waals surface area contributed by atoms with E-state index in [4.69, 9.17) is 0 Å². The Bertz CT molecular complexity index is 440. The molecule has 3 aliphatic rings. The number of amides is 1. The number of fused-ring (bicyclic) bond motifs is 2. The van der Waals surface area contributed by atoms with Crippen molar-refractivity contribution in [1.82, 2.24) is 4.90 Å². The summed E-state index contributed by atoms with van der Waals surface area (Å²) >= 11 is 0. The summed E-state index contributed by atoms with van der Waals surface area (Å²) in [7, 11) is 0. The third kappa shape index (κ3) is 1.97. The maximum absolute atomic E-state index is 11.7. The van der Waals surface area contributed by atoms with Crippen LogP contribution in [0.3, 0.4) is 0 Å². The summed E-state index contributed by atoms with van der Waals surface area (Å²) < 4.78 is 0. The summed E-state index contributed by atoms with van der Waals surface area (Å²) in [5, 5.41) is 0. The first kappa shape index (κ1) is 10.8. The molecule has 2 atom stereocenters. The zero-order valence-corrected chi connectivity index (χ0v) is 10.4. The largest absolute Gasteiger partial charge is 0.339 e. The van der Waals surface area contributed by atoms with Crippen LogP contribution in [0, 0.1) is 5.92 Å². The van der Waals surface area contributed by atoms with Crippen molar-refractivity contribution in [3.05, 3.63) is 35.4 Å². The Morgan fingerprint density at radius 2 is 1.88 bits per heavy atom. The summed E-state index contributed by atoms with van der Waals surface area (Å²) in [4.78, 5) is 13.8. The van der Waals surface area contributed by atoms with Crippen LogP contribution in [0.1, 0.15) is 30.9 Å². The molecule has 1 aromatic rings. The molecule has 1 aliphatic carbocycles. The Kier molecular flexibility index (Phi) is 2.65. The van der Waals surface area contributed by atoms with E-state index in [2.05, 4.69) is 29.2 Å². The highest BCUT2D eigenvalue weighted by atomic mass is 16.2. The third-order valence-corrected chi connectivity index (χ3v) is 4.29. The standard InChI is InChI=1S/C15H19NO/c1-11(17)16-10-12-6-7-15(16)9-14-5-3-2-4-13(14)8-12/h2-5,12,15H,6-10H2,1H3. The number of hydrogen-bond donors (Lipinski definition) is 0. The maximum Gasteiger partial charge on any atom is 0.219 e. The zero-order chi connectivity index (χ0) is 11.8. The van der Waals surface area contributed by atoms with Gasteiger partial charge in [0.2, 0.25) is 5.91 Å². The molecule has 0 spiro atoms. The van der Waals surface area contributed by atoms with E-state index in [0.717, 1.165) is 19.4 Å². The van der Waals surface area contributed by atoms with Crippen molar-refractivity contribution in [2.24, 2.45) is 5.92 Å². The van der Waals surface area contributed by atoms with Gasteiger partial charge in [0.1, 0.15) is 0 Å². The second-order valence-electron chi connectivity index (χ2n) is 5.45. The molecule has 2 heterocycles. The molecule has 0 saturated carbocycles. The minimum Gasteiger partial charge on any atom is -0.339 e. The molecule has 1 fully saturated rings. The SMILES string of the molecule is CC(=O)N1CC2CCC1Cc1ccccc1C2. The van der Waals surface area contributed by atoms with Gasteiger partial charge in [-0.05, 0) is 42.7 Å². The molecule has 1 saturated heterocycles. The van der Waals surface area contributed by atoms with Crippen LogP contribution >= 0.6 is 0 Å². The number of carbonyl (C=O) groups excluding carboxylic acids is 1. The monoisotopic (exact) mass is 229 g/mol. The highest BCUT2D eigenvalue weighted by Gasteiger charge is 2.32. The summed E-state index contributed by atoms with van der Waals surface area (Å²) in [5.74, 6) is 0.913. The summed E-state index contributed by atoms with van der Waals surface area (Å²) in [6, 6.07) is 9.18. The predicted octanol–water partition coefficient (Wildman–Crippen LogP) is 2.41. The van der Waals surface area contributed by atoms with Crippen molar-refractivity contribution in [1.29, 1.82) is 0 Å². The summed E-state index contributed by atoms with van der Waals surface area (Å²) in [5.41, 5.74) is 2.96. The van der Waals surface area contributed by atoms with Crippen molar-refractivity contribution in [2.75, 3.05) is 6.54 Å². The van der Waals surface area contributed by atoms with E-state index in [1.54, 1.807) is 6.92 Å². The van der Waals surface area contributed by atoms with Gasteiger partial charge in [0.05, 0.1) is 0 Å². The number of hydrogen-bond acceptors (Lipinski definition) is 1. The molecule has 1 amide bonds. The van der Waals surface area contributed by atoms with Gasteiger partial charge >= 0.3 is 0 Å². The molecule has 4 rings (SSSR count). The average molecular weight is 229 g/mol. The van der Waals surface area contributed by atoms with E-state index in [0.29, 0.717) is 12.0 Å². The zero-order valence-electron chi connectivity index (χ0n) is 10.4. The lowest BCUT2D eigenvalue weighted by molar-refractivity contribution is -0.133. The molecule has 0 aromatic heterocycles. The molecule has 2 bridgehead atoms. The van der Waals surface area contributed by atoms with E-state index < -0.39 is 0 Å².